The molecule has 1 nitrogen and oxygen atoms in total. The third kappa shape index (κ3) is 7.83. The molecule has 62 valence electrons. The van der Waals surface area contributed by atoms with Crippen molar-refractivity contribution in [2.45, 2.75) is 33.6 Å². The third-order valence-electron chi connectivity index (χ3n) is 1.30. The Balaban J connectivity index is 0. The summed E-state index contributed by atoms with van der Waals surface area (Å²) in [5, 5.41) is 3.22. The average molecular weight is 164 g/mol. The number of allylic oxidation sites excluding steroid dienone is 1. The molecule has 0 fully saturated rings. The van der Waals surface area contributed by atoms with E-state index in [-0.39, 0.29) is 12.4 Å². The van der Waals surface area contributed by atoms with Gasteiger partial charge in [0.25, 0.3) is 0 Å². The van der Waals surface area contributed by atoms with Crippen LogP contribution in [0.2, 0.25) is 0 Å². The maximum absolute atomic E-state index is 3.22. The molecule has 0 radical (unpaired) electrons. The van der Waals surface area contributed by atoms with Crippen LogP contribution in [0.1, 0.15) is 33.6 Å². The Labute approximate surface area is 70.3 Å². The summed E-state index contributed by atoms with van der Waals surface area (Å²) in [5.74, 6) is 0. The fourth-order valence-electron chi connectivity index (χ4n) is 0.493. The number of rotatable bonds is 4. The van der Waals surface area contributed by atoms with Crippen molar-refractivity contribution in [3.05, 3.63) is 11.8 Å². The van der Waals surface area contributed by atoms with Crippen LogP contribution in [0.25, 0.3) is 0 Å². The van der Waals surface area contributed by atoms with E-state index in [0.29, 0.717) is 0 Å². The van der Waals surface area contributed by atoms with E-state index < -0.39 is 0 Å². The van der Waals surface area contributed by atoms with Crippen molar-refractivity contribution in [3.63, 3.8) is 0 Å². The predicted octanol–water partition coefficient (Wildman–Crippen LogP) is 2.72. The van der Waals surface area contributed by atoms with Gasteiger partial charge in [0.1, 0.15) is 0 Å². The van der Waals surface area contributed by atoms with E-state index in [1.165, 1.54) is 12.0 Å². The molecule has 0 aliphatic heterocycles. The Kier molecular flexibility index (Phi) is 11.0. The van der Waals surface area contributed by atoms with Crippen LogP contribution >= 0.6 is 12.4 Å². The van der Waals surface area contributed by atoms with Gasteiger partial charge in [0.05, 0.1) is 0 Å². The summed E-state index contributed by atoms with van der Waals surface area (Å²) in [6.45, 7) is 7.57. The molecule has 0 unspecified atom stereocenters. The van der Waals surface area contributed by atoms with Crippen LogP contribution < -0.4 is 5.32 Å². The lowest BCUT2D eigenvalue weighted by atomic mass is 10.2. The molecule has 2 heteroatoms. The molecule has 0 atom stereocenters. The van der Waals surface area contributed by atoms with Crippen molar-refractivity contribution in [2.24, 2.45) is 0 Å². The van der Waals surface area contributed by atoms with Crippen molar-refractivity contribution in [1.82, 2.24) is 5.32 Å². The van der Waals surface area contributed by atoms with Gasteiger partial charge in [0.15, 0.2) is 0 Å². The molecule has 1 N–H and O–H groups in total. The molecule has 0 aliphatic rings. The molecule has 10 heavy (non-hydrogen) atoms. The second kappa shape index (κ2) is 8.83. The normalized spacial score (nSPS) is 10.5. The van der Waals surface area contributed by atoms with Gasteiger partial charge < -0.3 is 5.32 Å². The summed E-state index contributed by atoms with van der Waals surface area (Å²) in [6, 6.07) is 0. The van der Waals surface area contributed by atoms with Crippen molar-refractivity contribution in [1.29, 1.82) is 0 Å². The smallest absolute Gasteiger partial charge is 0.0138 e. The highest BCUT2D eigenvalue weighted by atomic mass is 35.5. The average Bonchev–Trinajstić information content (AvgIpc) is 1.89. The maximum atomic E-state index is 3.22. The minimum absolute atomic E-state index is 0. The zero-order valence-corrected chi connectivity index (χ0v) is 7.92. The largest absolute Gasteiger partial charge is 0.391 e. The number of nitrogens with one attached hydrogen (secondary N) is 1. The highest BCUT2D eigenvalue weighted by Gasteiger charge is 1.80. The maximum Gasteiger partial charge on any atom is 0.0138 e. The Morgan fingerprint density at radius 1 is 1.40 bits per heavy atom. The van der Waals surface area contributed by atoms with Gasteiger partial charge in [0, 0.05) is 6.54 Å². The topological polar surface area (TPSA) is 12.0 Å². The van der Waals surface area contributed by atoms with Crippen molar-refractivity contribution < 1.29 is 0 Å². The summed E-state index contributed by atoms with van der Waals surface area (Å²) < 4.78 is 0. The van der Waals surface area contributed by atoms with Crippen molar-refractivity contribution in [3.8, 4) is 0 Å². The van der Waals surface area contributed by atoms with Crippen LogP contribution in [0.15, 0.2) is 11.8 Å². The van der Waals surface area contributed by atoms with Crippen LogP contribution in [0.5, 0.6) is 0 Å². The molecule has 0 saturated carbocycles. The molecule has 0 heterocycles. The molecule has 0 bridgehead atoms. The molecule has 0 rings (SSSR count). The minimum Gasteiger partial charge on any atom is -0.391 e. The molecule has 0 aromatic carbocycles. The lowest BCUT2D eigenvalue weighted by molar-refractivity contribution is 0.799. The van der Waals surface area contributed by atoms with Gasteiger partial charge in [-0.3, -0.25) is 0 Å². The fourth-order valence-corrected chi connectivity index (χ4v) is 0.493. The third-order valence-corrected chi connectivity index (χ3v) is 1.30. The van der Waals surface area contributed by atoms with Gasteiger partial charge in [0.2, 0.25) is 0 Å². The second-order valence-corrected chi connectivity index (χ2v) is 2.30. The summed E-state index contributed by atoms with van der Waals surface area (Å²) in [6.07, 6.45) is 4.45. The first-order chi connectivity index (χ1) is 4.31. The zero-order chi connectivity index (χ0) is 7.11. The monoisotopic (exact) mass is 163 g/mol. The molecular weight excluding hydrogens is 146 g/mol. The molecular formula is C8H18ClN. The van der Waals surface area contributed by atoms with Gasteiger partial charge in [-0.1, -0.05) is 19.4 Å². The quantitative estimate of drug-likeness (QED) is 0.629. The molecule has 0 aromatic rings. The van der Waals surface area contributed by atoms with Crippen molar-refractivity contribution >= 4 is 12.4 Å². The first-order valence-electron chi connectivity index (χ1n) is 3.70. The molecule has 0 aromatic heterocycles. The highest BCUT2D eigenvalue weighted by Crippen LogP contribution is 1.93. The van der Waals surface area contributed by atoms with Gasteiger partial charge in [-0.25, -0.2) is 0 Å². The van der Waals surface area contributed by atoms with Gasteiger partial charge in [-0.15, -0.1) is 12.4 Å². The Morgan fingerprint density at radius 3 is 2.40 bits per heavy atom. The highest BCUT2D eigenvalue weighted by molar-refractivity contribution is 5.85. The summed E-state index contributed by atoms with van der Waals surface area (Å²) in [7, 11) is 0. The summed E-state index contributed by atoms with van der Waals surface area (Å²) in [5.41, 5.74) is 1.42. The molecule has 0 saturated heterocycles. The Bertz CT molecular complexity index is 89.3. The van der Waals surface area contributed by atoms with Gasteiger partial charge >= 0.3 is 0 Å². The number of halogens is 1. The number of hydrogen-bond donors (Lipinski definition) is 1. The first kappa shape index (κ1) is 12.5. The summed E-state index contributed by atoms with van der Waals surface area (Å²) in [4.78, 5) is 0. The van der Waals surface area contributed by atoms with Crippen LogP contribution in [-0.4, -0.2) is 6.54 Å². The van der Waals surface area contributed by atoms with E-state index in [1.807, 2.05) is 0 Å². The molecule has 0 spiro atoms. The van der Waals surface area contributed by atoms with Crippen molar-refractivity contribution in [2.75, 3.05) is 6.54 Å². The lowest BCUT2D eigenvalue weighted by Gasteiger charge is -1.97. The number of hydrogen-bond acceptors (Lipinski definition) is 1. The van der Waals surface area contributed by atoms with Crippen LogP contribution in [0.3, 0.4) is 0 Å². The van der Waals surface area contributed by atoms with Gasteiger partial charge in [-0.2, -0.15) is 0 Å². The Morgan fingerprint density at radius 2 is 2.00 bits per heavy atom. The Hall–Kier alpha value is -0.170. The minimum atomic E-state index is 0. The lowest BCUT2D eigenvalue weighted by Crippen LogP contribution is -2.05. The van der Waals surface area contributed by atoms with Gasteiger partial charge in [-0.05, 0) is 26.0 Å². The zero-order valence-electron chi connectivity index (χ0n) is 7.11. The second-order valence-electron chi connectivity index (χ2n) is 2.30. The predicted molar refractivity (Wildman–Crippen MR) is 49.6 cm³/mol. The SMILES string of the molecule is CCCNC=C(C)CC.Cl. The molecule has 0 aliphatic carbocycles. The van der Waals surface area contributed by atoms with E-state index in [0.717, 1.165) is 13.0 Å². The van der Waals surface area contributed by atoms with E-state index in [9.17, 15) is 0 Å². The first-order valence-corrected chi connectivity index (χ1v) is 3.70. The van der Waals surface area contributed by atoms with E-state index in [1.54, 1.807) is 0 Å². The van der Waals surface area contributed by atoms with Crippen LogP contribution in [-0.2, 0) is 0 Å². The van der Waals surface area contributed by atoms with E-state index in [4.69, 9.17) is 0 Å². The van der Waals surface area contributed by atoms with Crippen LogP contribution in [0, 0.1) is 0 Å². The molecule has 0 amide bonds. The van der Waals surface area contributed by atoms with Crippen LogP contribution in [0.4, 0.5) is 0 Å². The van der Waals surface area contributed by atoms with E-state index >= 15 is 0 Å². The van der Waals surface area contributed by atoms with E-state index in [2.05, 4.69) is 32.3 Å². The standard InChI is InChI=1S/C8H17N.ClH/c1-4-6-9-7-8(3)5-2;/h7,9H,4-6H2,1-3H3;1H. The summed E-state index contributed by atoms with van der Waals surface area (Å²) >= 11 is 0. The fraction of sp³-hybridized carbons (Fsp3) is 0.750.